The van der Waals surface area contributed by atoms with Crippen molar-refractivity contribution in [2.45, 2.75) is 29.9 Å². The number of benzene rings is 2. The molecule has 1 heterocycles. The molecular weight excluding hydrogens is 398 g/mol. The van der Waals surface area contributed by atoms with E-state index in [1.807, 2.05) is 30.3 Å². The quantitative estimate of drug-likeness (QED) is 0.532. The number of carbonyl (C=O) groups is 2. The molecule has 9 heteroatoms. The average molecular weight is 419 g/mol. The van der Waals surface area contributed by atoms with E-state index in [0.29, 0.717) is 17.6 Å². The summed E-state index contributed by atoms with van der Waals surface area (Å²) in [5.41, 5.74) is 1.24. The van der Waals surface area contributed by atoms with Gasteiger partial charge < -0.3 is 19.6 Å². The number of aldehydes is 1. The lowest BCUT2D eigenvalue weighted by Gasteiger charge is -2.26. The molecule has 1 amide bonds. The fraction of sp³-hybridized carbons (Fsp3) is 0.300. The van der Waals surface area contributed by atoms with Crippen LogP contribution in [0.15, 0.2) is 47.4 Å². The Labute approximate surface area is 168 Å². The van der Waals surface area contributed by atoms with Gasteiger partial charge in [0.2, 0.25) is 0 Å². The minimum Gasteiger partial charge on any atom is -0.493 e. The molecule has 2 atom stereocenters. The minimum atomic E-state index is -4.18. The molecule has 29 heavy (non-hydrogen) atoms. The smallest absolute Gasteiger partial charge is 0.298 e. The van der Waals surface area contributed by atoms with Crippen LogP contribution in [0.25, 0.3) is 0 Å². The fourth-order valence-corrected chi connectivity index (χ4v) is 4.43. The summed E-state index contributed by atoms with van der Waals surface area (Å²) < 4.78 is 40.5. The van der Waals surface area contributed by atoms with E-state index in [2.05, 4.69) is 5.32 Å². The van der Waals surface area contributed by atoms with Crippen LogP contribution in [0.5, 0.6) is 11.5 Å². The molecule has 1 unspecified atom stereocenters. The Morgan fingerprint density at radius 1 is 1.21 bits per heavy atom. The van der Waals surface area contributed by atoms with E-state index in [-0.39, 0.29) is 23.5 Å². The lowest BCUT2D eigenvalue weighted by Crippen LogP contribution is -2.47. The van der Waals surface area contributed by atoms with Crippen molar-refractivity contribution in [1.29, 1.82) is 0 Å². The Bertz CT molecular complexity index is 1000. The molecule has 0 saturated heterocycles. The van der Waals surface area contributed by atoms with Gasteiger partial charge in [0.05, 0.1) is 20.3 Å². The molecule has 2 aromatic carbocycles. The number of ether oxygens (including phenoxy) is 2. The first-order valence-corrected chi connectivity index (χ1v) is 10.3. The van der Waals surface area contributed by atoms with Gasteiger partial charge in [-0.2, -0.15) is 8.42 Å². The maximum Gasteiger partial charge on any atom is 0.298 e. The first kappa shape index (κ1) is 20.8. The van der Waals surface area contributed by atoms with Gasteiger partial charge >= 0.3 is 0 Å². The van der Waals surface area contributed by atoms with Crippen molar-refractivity contribution in [2.24, 2.45) is 0 Å². The van der Waals surface area contributed by atoms with Gasteiger partial charge in [-0.15, -0.1) is 0 Å². The molecule has 2 aromatic rings. The van der Waals surface area contributed by atoms with Gasteiger partial charge in [0.1, 0.15) is 11.2 Å². The predicted molar refractivity (Wildman–Crippen MR) is 103 cm³/mol. The summed E-state index contributed by atoms with van der Waals surface area (Å²) in [7, 11) is -1.36. The van der Waals surface area contributed by atoms with E-state index in [9.17, 15) is 18.0 Å². The second kappa shape index (κ2) is 8.62. The van der Waals surface area contributed by atoms with Crippen LogP contribution in [0, 0.1) is 0 Å². The van der Waals surface area contributed by atoms with Crippen LogP contribution in [-0.2, 0) is 36.7 Å². The van der Waals surface area contributed by atoms with Gasteiger partial charge in [-0.05, 0) is 23.6 Å². The molecule has 1 N–H and O–H groups in total. The third-order valence-electron chi connectivity index (χ3n) is 4.57. The number of fused-ring (bicyclic) bond motifs is 1. The summed E-state index contributed by atoms with van der Waals surface area (Å²) in [6, 6.07) is 11.2. The van der Waals surface area contributed by atoms with E-state index >= 15 is 0 Å². The molecule has 0 saturated carbocycles. The van der Waals surface area contributed by atoms with Crippen molar-refractivity contribution in [2.75, 3.05) is 14.2 Å². The first-order valence-electron chi connectivity index (χ1n) is 8.85. The first-order chi connectivity index (χ1) is 13.9. The Balaban J connectivity index is 1.80. The monoisotopic (exact) mass is 419 g/mol. The van der Waals surface area contributed by atoms with Crippen LogP contribution < -0.4 is 14.8 Å². The molecule has 1 aliphatic heterocycles. The van der Waals surface area contributed by atoms with Crippen LogP contribution >= 0.6 is 0 Å². The van der Waals surface area contributed by atoms with Crippen molar-refractivity contribution < 1.29 is 31.7 Å². The molecular formula is C20H21NO7S. The third kappa shape index (κ3) is 4.57. The van der Waals surface area contributed by atoms with Gasteiger partial charge in [0.15, 0.2) is 17.6 Å². The van der Waals surface area contributed by atoms with Crippen LogP contribution in [0.1, 0.15) is 11.1 Å². The van der Waals surface area contributed by atoms with Gasteiger partial charge in [0.25, 0.3) is 16.0 Å². The summed E-state index contributed by atoms with van der Waals surface area (Å²) >= 11 is 0. The van der Waals surface area contributed by atoms with E-state index in [1.165, 1.54) is 26.4 Å². The highest BCUT2D eigenvalue weighted by molar-refractivity contribution is 7.87. The van der Waals surface area contributed by atoms with Crippen LogP contribution in [0.2, 0.25) is 0 Å². The molecule has 154 valence electrons. The van der Waals surface area contributed by atoms with E-state index in [1.54, 1.807) is 0 Å². The van der Waals surface area contributed by atoms with Crippen molar-refractivity contribution in [3.05, 3.63) is 53.6 Å². The summed E-state index contributed by atoms with van der Waals surface area (Å²) in [5.74, 6) is -0.0930. The SMILES string of the molecule is COc1cc2c(cc1OC)S(=O)(=O)OC(C(=O)N[C@H](C=O)Cc1ccccc1)C2. The highest BCUT2D eigenvalue weighted by atomic mass is 32.2. The number of methoxy groups -OCH3 is 2. The average Bonchev–Trinajstić information content (AvgIpc) is 2.72. The Kier molecular flexibility index (Phi) is 6.19. The van der Waals surface area contributed by atoms with Crippen molar-refractivity contribution >= 4 is 22.3 Å². The number of rotatable bonds is 7. The molecule has 8 nitrogen and oxygen atoms in total. The zero-order chi connectivity index (χ0) is 21.0. The fourth-order valence-electron chi connectivity index (χ4n) is 3.15. The Hall–Kier alpha value is -2.91. The summed E-state index contributed by atoms with van der Waals surface area (Å²) in [6.07, 6.45) is -0.373. The van der Waals surface area contributed by atoms with Crippen molar-refractivity contribution in [1.82, 2.24) is 5.32 Å². The summed E-state index contributed by atoms with van der Waals surface area (Å²) in [5, 5.41) is 2.55. The maximum absolute atomic E-state index is 12.6. The lowest BCUT2D eigenvalue weighted by atomic mass is 10.0. The lowest BCUT2D eigenvalue weighted by molar-refractivity contribution is -0.130. The zero-order valence-corrected chi connectivity index (χ0v) is 16.8. The van der Waals surface area contributed by atoms with E-state index < -0.39 is 28.2 Å². The number of hydrogen-bond donors (Lipinski definition) is 1. The molecule has 0 bridgehead atoms. The Morgan fingerprint density at radius 3 is 2.48 bits per heavy atom. The highest BCUT2D eigenvalue weighted by Crippen LogP contribution is 2.37. The molecule has 0 aliphatic carbocycles. The molecule has 0 fully saturated rings. The van der Waals surface area contributed by atoms with Crippen molar-refractivity contribution in [3.63, 3.8) is 0 Å². The molecule has 0 spiro atoms. The zero-order valence-electron chi connectivity index (χ0n) is 16.0. The topological polar surface area (TPSA) is 108 Å². The van der Waals surface area contributed by atoms with Crippen LogP contribution in [-0.4, -0.2) is 47.0 Å². The number of carbonyl (C=O) groups excluding carboxylic acids is 2. The number of nitrogens with one attached hydrogen (secondary N) is 1. The van der Waals surface area contributed by atoms with Crippen LogP contribution in [0.3, 0.4) is 0 Å². The standard InChI is InChI=1S/C20H21NO7S/c1-26-16-9-14-10-18(28-29(24,25)19(14)11-17(16)27-2)20(23)21-15(12-22)8-13-6-4-3-5-7-13/h3-7,9,11-12,15,18H,8,10H2,1-2H3,(H,21,23)/t15-,18?/m0/s1. The minimum absolute atomic E-state index is 0.0116. The predicted octanol–water partition coefficient (Wildman–Crippen LogP) is 1.26. The second-order valence-electron chi connectivity index (χ2n) is 6.50. The highest BCUT2D eigenvalue weighted by Gasteiger charge is 2.37. The number of amides is 1. The maximum atomic E-state index is 12.6. The van der Waals surface area contributed by atoms with E-state index in [0.717, 1.165) is 5.56 Å². The van der Waals surface area contributed by atoms with Gasteiger partial charge in [0, 0.05) is 12.5 Å². The van der Waals surface area contributed by atoms with Gasteiger partial charge in [-0.25, -0.2) is 0 Å². The molecule has 3 rings (SSSR count). The van der Waals surface area contributed by atoms with Gasteiger partial charge in [-0.3, -0.25) is 8.98 Å². The van der Waals surface area contributed by atoms with Crippen molar-refractivity contribution in [3.8, 4) is 11.5 Å². The number of hydrogen-bond acceptors (Lipinski definition) is 7. The van der Waals surface area contributed by atoms with Crippen LogP contribution in [0.4, 0.5) is 0 Å². The molecule has 1 aliphatic rings. The van der Waals surface area contributed by atoms with E-state index in [4.69, 9.17) is 13.7 Å². The Morgan fingerprint density at radius 2 is 1.86 bits per heavy atom. The molecule has 0 aromatic heterocycles. The second-order valence-corrected chi connectivity index (χ2v) is 8.04. The molecule has 0 radical (unpaired) electrons. The summed E-state index contributed by atoms with van der Waals surface area (Å²) in [6.45, 7) is 0. The summed E-state index contributed by atoms with van der Waals surface area (Å²) in [4.78, 5) is 23.9. The third-order valence-corrected chi connectivity index (χ3v) is 5.97. The largest absolute Gasteiger partial charge is 0.493 e. The normalized spacial score (nSPS) is 18.2. The van der Waals surface area contributed by atoms with Gasteiger partial charge in [-0.1, -0.05) is 30.3 Å².